The van der Waals surface area contributed by atoms with E-state index in [2.05, 4.69) is 15.1 Å². The van der Waals surface area contributed by atoms with Crippen molar-refractivity contribution in [2.75, 3.05) is 7.05 Å². The van der Waals surface area contributed by atoms with Gasteiger partial charge in [0.15, 0.2) is 0 Å². The first-order valence-corrected chi connectivity index (χ1v) is 8.57. The topological polar surface area (TPSA) is 94.1 Å². The largest absolute Gasteiger partial charge is 0.337 e. The molecule has 3 heterocycles. The van der Waals surface area contributed by atoms with Crippen molar-refractivity contribution in [3.8, 4) is 11.4 Å². The van der Waals surface area contributed by atoms with Gasteiger partial charge in [0.25, 0.3) is 11.5 Å². The maximum absolute atomic E-state index is 12.7. The Morgan fingerprint density at radius 3 is 2.74 bits per heavy atom. The number of nitrogens with zero attached hydrogens (tertiary/aromatic N) is 5. The van der Waals surface area contributed by atoms with Crippen molar-refractivity contribution < 1.29 is 9.32 Å². The van der Waals surface area contributed by atoms with Crippen molar-refractivity contribution in [2.45, 2.75) is 26.3 Å². The van der Waals surface area contributed by atoms with E-state index in [1.165, 1.54) is 9.47 Å². The predicted molar refractivity (Wildman–Crippen MR) is 99.1 cm³/mol. The number of carbonyl (C=O) groups excluding carboxylic acids is 1. The SMILES string of the molecule is CC(C)c1ccc(C(=O)N(C)Cc2nc(-c3cccnc3)no2)c(=O)n1C. The summed E-state index contributed by atoms with van der Waals surface area (Å²) >= 11 is 0. The zero-order valence-corrected chi connectivity index (χ0v) is 15.7. The van der Waals surface area contributed by atoms with Crippen molar-refractivity contribution in [3.05, 3.63) is 64.2 Å². The monoisotopic (exact) mass is 367 g/mol. The smallest absolute Gasteiger partial charge is 0.263 e. The summed E-state index contributed by atoms with van der Waals surface area (Å²) in [7, 11) is 3.26. The van der Waals surface area contributed by atoms with E-state index in [0.29, 0.717) is 5.82 Å². The minimum atomic E-state index is -0.396. The molecule has 0 unspecified atom stereocenters. The van der Waals surface area contributed by atoms with Crippen molar-refractivity contribution >= 4 is 5.91 Å². The first kappa shape index (κ1) is 18.5. The molecular formula is C19H21N5O3. The number of amides is 1. The van der Waals surface area contributed by atoms with Crippen LogP contribution in [0.2, 0.25) is 0 Å². The minimum absolute atomic E-state index is 0.0984. The molecule has 0 aliphatic carbocycles. The van der Waals surface area contributed by atoms with Crippen LogP contribution in [0.5, 0.6) is 0 Å². The number of carbonyl (C=O) groups is 1. The maximum atomic E-state index is 12.7. The fourth-order valence-electron chi connectivity index (χ4n) is 2.80. The van der Waals surface area contributed by atoms with E-state index in [1.807, 2.05) is 19.9 Å². The second-order valence-corrected chi connectivity index (χ2v) is 6.61. The van der Waals surface area contributed by atoms with Crippen molar-refractivity contribution in [1.82, 2.24) is 24.6 Å². The van der Waals surface area contributed by atoms with Gasteiger partial charge in [0.2, 0.25) is 11.7 Å². The van der Waals surface area contributed by atoms with Crippen LogP contribution >= 0.6 is 0 Å². The van der Waals surface area contributed by atoms with Crippen LogP contribution in [-0.2, 0) is 13.6 Å². The summed E-state index contributed by atoms with van der Waals surface area (Å²) < 4.78 is 6.73. The third kappa shape index (κ3) is 3.79. The Kier molecular flexibility index (Phi) is 5.16. The molecular weight excluding hydrogens is 346 g/mol. The Bertz CT molecular complexity index is 1010. The minimum Gasteiger partial charge on any atom is -0.337 e. The van der Waals surface area contributed by atoms with Crippen LogP contribution in [0.15, 0.2) is 46.0 Å². The van der Waals surface area contributed by atoms with Crippen molar-refractivity contribution in [3.63, 3.8) is 0 Å². The van der Waals surface area contributed by atoms with Gasteiger partial charge in [0, 0.05) is 37.7 Å². The molecule has 27 heavy (non-hydrogen) atoms. The first-order chi connectivity index (χ1) is 12.9. The third-order valence-corrected chi connectivity index (χ3v) is 4.27. The van der Waals surface area contributed by atoms with Crippen molar-refractivity contribution in [1.29, 1.82) is 0 Å². The highest BCUT2D eigenvalue weighted by atomic mass is 16.5. The van der Waals surface area contributed by atoms with Crippen LogP contribution in [0.25, 0.3) is 11.4 Å². The van der Waals surface area contributed by atoms with Crippen LogP contribution in [0.4, 0.5) is 0 Å². The molecule has 8 heteroatoms. The second-order valence-electron chi connectivity index (χ2n) is 6.61. The van der Waals surface area contributed by atoms with Gasteiger partial charge in [-0.15, -0.1) is 0 Å². The zero-order valence-electron chi connectivity index (χ0n) is 15.7. The van der Waals surface area contributed by atoms with Crippen molar-refractivity contribution in [2.24, 2.45) is 7.05 Å². The predicted octanol–water partition coefficient (Wildman–Crippen LogP) is 2.23. The number of hydrogen-bond donors (Lipinski definition) is 0. The molecule has 0 aliphatic heterocycles. The highest BCUT2D eigenvalue weighted by molar-refractivity contribution is 5.93. The van der Waals surface area contributed by atoms with Crippen LogP contribution in [0.1, 0.15) is 41.7 Å². The molecule has 0 aliphatic rings. The van der Waals surface area contributed by atoms with E-state index in [-0.39, 0.29) is 29.5 Å². The molecule has 1 amide bonds. The van der Waals surface area contributed by atoms with E-state index in [0.717, 1.165) is 11.3 Å². The number of aromatic nitrogens is 4. The van der Waals surface area contributed by atoms with E-state index in [4.69, 9.17) is 4.52 Å². The average Bonchev–Trinajstić information content (AvgIpc) is 3.12. The van der Waals surface area contributed by atoms with Gasteiger partial charge in [-0.3, -0.25) is 14.6 Å². The highest BCUT2D eigenvalue weighted by Gasteiger charge is 2.20. The molecule has 0 saturated carbocycles. The molecule has 140 valence electrons. The molecule has 0 bridgehead atoms. The Labute approximate surface area is 156 Å². The zero-order chi connectivity index (χ0) is 19.6. The summed E-state index contributed by atoms with van der Waals surface area (Å²) in [6.45, 7) is 4.09. The summed E-state index contributed by atoms with van der Waals surface area (Å²) in [6, 6.07) is 6.97. The molecule has 0 N–H and O–H groups in total. The van der Waals surface area contributed by atoms with E-state index < -0.39 is 5.91 Å². The van der Waals surface area contributed by atoms with Gasteiger partial charge in [-0.1, -0.05) is 19.0 Å². The molecule has 3 aromatic heterocycles. The van der Waals surface area contributed by atoms with E-state index >= 15 is 0 Å². The molecule has 8 nitrogen and oxygen atoms in total. The molecule has 3 rings (SSSR count). The van der Waals surface area contributed by atoms with Gasteiger partial charge in [-0.05, 0) is 30.2 Å². The Balaban J connectivity index is 1.78. The van der Waals surface area contributed by atoms with Gasteiger partial charge in [-0.2, -0.15) is 4.98 Å². The average molecular weight is 367 g/mol. The molecule has 0 saturated heterocycles. The fourth-order valence-corrected chi connectivity index (χ4v) is 2.80. The first-order valence-electron chi connectivity index (χ1n) is 8.57. The number of pyridine rings is 2. The second kappa shape index (κ2) is 7.53. The fraction of sp³-hybridized carbons (Fsp3) is 0.316. The summed E-state index contributed by atoms with van der Waals surface area (Å²) in [5.74, 6) is 0.470. The Morgan fingerprint density at radius 2 is 2.07 bits per heavy atom. The third-order valence-electron chi connectivity index (χ3n) is 4.27. The van der Waals surface area contributed by atoms with Crippen LogP contribution < -0.4 is 5.56 Å². The Morgan fingerprint density at radius 1 is 1.30 bits per heavy atom. The number of rotatable bonds is 5. The summed E-state index contributed by atoms with van der Waals surface area (Å²) in [5, 5.41) is 3.90. The molecule has 0 aromatic carbocycles. The summed E-state index contributed by atoms with van der Waals surface area (Å²) in [6.07, 6.45) is 3.28. The van der Waals surface area contributed by atoms with Gasteiger partial charge in [-0.25, -0.2) is 0 Å². The normalized spacial score (nSPS) is 11.0. The molecule has 0 fully saturated rings. The standard InChI is InChI=1S/C19H21N5O3/c1-12(2)15-8-7-14(19(26)24(15)4)18(25)23(3)11-16-21-17(22-27-16)13-6-5-9-20-10-13/h5-10,12H,11H2,1-4H3. The van der Waals surface area contributed by atoms with Crippen LogP contribution in [-0.4, -0.2) is 37.5 Å². The quantitative estimate of drug-likeness (QED) is 0.686. The summed E-state index contributed by atoms with van der Waals surface area (Å²) in [5.41, 5.74) is 1.38. The van der Waals surface area contributed by atoms with Gasteiger partial charge >= 0.3 is 0 Å². The lowest BCUT2D eigenvalue weighted by atomic mass is 10.1. The lowest BCUT2D eigenvalue weighted by Crippen LogP contribution is -2.34. The Hall–Kier alpha value is -3.29. The highest BCUT2D eigenvalue weighted by Crippen LogP contribution is 2.15. The summed E-state index contributed by atoms with van der Waals surface area (Å²) in [4.78, 5) is 34.9. The maximum Gasteiger partial charge on any atom is 0.263 e. The molecule has 0 atom stereocenters. The molecule has 0 radical (unpaired) electrons. The van der Waals surface area contributed by atoms with E-state index in [1.54, 1.807) is 44.7 Å². The van der Waals surface area contributed by atoms with Gasteiger partial charge in [0.05, 0.1) is 0 Å². The lowest BCUT2D eigenvalue weighted by molar-refractivity contribution is 0.0767. The van der Waals surface area contributed by atoms with Gasteiger partial charge in [0.1, 0.15) is 12.1 Å². The lowest BCUT2D eigenvalue weighted by Gasteiger charge is -2.17. The van der Waals surface area contributed by atoms with E-state index in [9.17, 15) is 9.59 Å². The molecule has 3 aromatic rings. The number of hydrogen-bond acceptors (Lipinski definition) is 6. The molecule has 0 spiro atoms. The van der Waals surface area contributed by atoms with Crippen LogP contribution in [0, 0.1) is 0 Å². The van der Waals surface area contributed by atoms with Crippen LogP contribution in [0.3, 0.4) is 0 Å². The van der Waals surface area contributed by atoms with Gasteiger partial charge < -0.3 is 14.0 Å².